The average molecular weight is 471 g/mol. The second kappa shape index (κ2) is 9.53. The summed E-state index contributed by atoms with van der Waals surface area (Å²) in [4.78, 5) is 13.2. The number of sulfonamides is 1. The summed E-state index contributed by atoms with van der Waals surface area (Å²) >= 11 is 0. The maximum Gasteiger partial charge on any atom is 0.262 e. The predicted molar refractivity (Wildman–Crippen MR) is 138 cm³/mol. The standard InChI is InChI=1S/C28H26N2O3S/c1-19-15-20(2)17-24(16-19)30-34(32,33)27-18-23(14-13-21(27)3)28(31)29-26-12-8-7-11-25(26)22-9-5-4-6-10-22/h4-18,30H,1-3H3,(H,29,31). The number of anilines is 2. The molecule has 0 saturated heterocycles. The molecule has 0 aliphatic rings. The van der Waals surface area contributed by atoms with E-state index in [1.807, 2.05) is 74.5 Å². The smallest absolute Gasteiger partial charge is 0.262 e. The zero-order valence-corrected chi connectivity index (χ0v) is 20.1. The van der Waals surface area contributed by atoms with E-state index < -0.39 is 10.0 Å². The molecule has 5 nitrogen and oxygen atoms in total. The van der Waals surface area contributed by atoms with Crippen molar-refractivity contribution in [3.8, 4) is 11.1 Å². The topological polar surface area (TPSA) is 75.3 Å². The summed E-state index contributed by atoms with van der Waals surface area (Å²) in [6, 6.07) is 27.5. The van der Waals surface area contributed by atoms with Crippen molar-refractivity contribution in [3.63, 3.8) is 0 Å². The largest absolute Gasteiger partial charge is 0.321 e. The van der Waals surface area contributed by atoms with Gasteiger partial charge < -0.3 is 5.32 Å². The van der Waals surface area contributed by atoms with Crippen LogP contribution in [-0.2, 0) is 10.0 Å². The molecule has 4 rings (SSSR count). The molecule has 0 aromatic heterocycles. The van der Waals surface area contributed by atoms with E-state index >= 15 is 0 Å². The Morgan fingerprint density at radius 1 is 0.735 bits per heavy atom. The van der Waals surface area contributed by atoms with Gasteiger partial charge in [-0.1, -0.05) is 60.7 Å². The van der Waals surface area contributed by atoms with Gasteiger partial charge in [0.15, 0.2) is 0 Å². The molecule has 34 heavy (non-hydrogen) atoms. The Labute approximate surface area is 200 Å². The van der Waals surface area contributed by atoms with E-state index in [1.165, 1.54) is 6.07 Å². The first-order chi connectivity index (χ1) is 16.2. The predicted octanol–water partition coefficient (Wildman–Crippen LogP) is 6.33. The molecule has 0 bridgehead atoms. The Hall–Kier alpha value is -3.90. The maximum absolute atomic E-state index is 13.2. The third kappa shape index (κ3) is 5.18. The molecule has 1 amide bonds. The number of hydrogen-bond donors (Lipinski definition) is 2. The van der Waals surface area contributed by atoms with Gasteiger partial charge in [-0.3, -0.25) is 9.52 Å². The van der Waals surface area contributed by atoms with Gasteiger partial charge in [-0.15, -0.1) is 0 Å². The second-order valence-corrected chi connectivity index (χ2v) is 9.98. The van der Waals surface area contributed by atoms with E-state index in [-0.39, 0.29) is 16.4 Å². The van der Waals surface area contributed by atoms with E-state index in [1.54, 1.807) is 31.2 Å². The third-order valence-corrected chi connectivity index (χ3v) is 7.00. The van der Waals surface area contributed by atoms with Crippen molar-refractivity contribution in [2.75, 3.05) is 10.0 Å². The quantitative estimate of drug-likeness (QED) is 0.346. The van der Waals surface area contributed by atoms with Crippen molar-refractivity contribution in [2.45, 2.75) is 25.7 Å². The van der Waals surface area contributed by atoms with Gasteiger partial charge in [0.1, 0.15) is 0 Å². The summed E-state index contributed by atoms with van der Waals surface area (Å²) in [6.45, 7) is 5.53. The number of amides is 1. The Morgan fingerprint density at radius 2 is 1.38 bits per heavy atom. The van der Waals surface area contributed by atoms with Crippen molar-refractivity contribution in [1.82, 2.24) is 0 Å². The minimum absolute atomic E-state index is 0.0654. The lowest BCUT2D eigenvalue weighted by Crippen LogP contribution is -2.17. The fourth-order valence-electron chi connectivity index (χ4n) is 3.93. The fourth-order valence-corrected chi connectivity index (χ4v) is 5.24. The van der Waals surface area contributed by atoms with Crippen LogP contribution in [0.3, 0.4) is 0 Å². The van der Waals surface area contributed by atoms with Crippen LogP contribution in [0.1, 0.15) is 27.0 Å². The number of hydrogen-bond acceptors (Lipinski definition) is 3. The van der Waals surface area contributed by atoms with Gasteiger partial charge >= 0.3 is 0 Å². The first-order valence-electron chi connectivity index (χ1n) is 10.9. The van der Waals surface area contributed by atoms with Crippen LogP contribution < -0.4 is 10.0 Å². The van der Waals surface area contributed by atoms with Crippen molar-refractivity contribution in [2.24, 2.45) is 0 Å². The second-order valence-electron chi connectivity index (χ2n) is 8.33. The number of carbonyl (C=O) groups is 1. The van der Waals surface area contributed by atoms with E-state index in [0.29, 0.717) is 16.9 Å². The molecule has 0 radical (unpaired) electrons. The molecule has 172 valence electrons. The molecular weight excluding hydrogens is 444 g/mol. The molecule has 0 saturated carbocycles. The molecule has 6 heteroatoms. The van der Waals surface area contributed by atoms with E-state index in [2.05, 4.69) is 10.0 Å². The Morgan fingerprint density at radius 3 is 2.09 bits per heavy atom. The van der Waals surface area contributed by atoms with E-state index in [4.69, 9.17) is 0 Å². The zero-order valence-electron chi connectivity index (χ0n) is 19.3. The molecule has 0 heterocycles. The normalized spacial score (nSPS) is 11.1. The molecule has 0 atom stereocenters. The van der Waals surface area contributed by atoms with Gasteiger partial charge in [-0.05, 0) is 73.4 Å². The lowest BCUT2D eigenvalue weighted by atomic mass is 10.0. The van der Waals surface area contributed by atoms with Gasteiger partial charge in [-0.2, -0.15) is 0 Å². The van der Waals surface area contributed by atoms with Crippen molar-refractivity contribution in [3.05, 3.63) is 113 Å². The van der Waals surface area contributed by atoms with Crippen LogP contribution in [0.15, 0.2) is 95.9 Å². The summed E-state index contributed by atoms with van der Waals surface area (Å²) in [5, 5.41) is 2.93. The monoisotopic (exact) mass is 470 g/mol. The number of carbonyl (C=O) groups excluding carboxylic acids is 1. The van der Waals surface area contributed by atoms with Crippen molar-refractivity contribution < 1.29 is 13.2 Å². The van der Waals surface area contributed by atoms with Crippen LogP contribution in [0, 0.1) is 20.8 Å². The number of aryl methyl sites for hydroxylation is 3. The first-order valence-corrected chi connectivity index (χ1v) is 12.4. The van der Waals surface area contributed by atoms with Crippen LogP contribution in [0.25, 0.3) is 11.1 Å². The van der Waals surface area contributed by atoms with Crippen LogP contribution in [0.2, 0.25) is 0 Å². The van der Waals surface area contributed by atoms with Crippen LogP contribution in [-0.4, -0.2) is 14.3 Å². The lowest BCUT2D eigenvalue weighted by Gasteiger charge is -2.14. The number of rotatable bonds is 6. The van der Waals surface area contributed by atoms with E-state index in [0.717, 1.165) is 22.3 Å². The van der Waals surface area contributed by atoms with Crippen LogP contribution in [0.5, 0.6) is 0 Å². The zero-order chi connectivity index (χ0) is 24.3. The maximum atomic E-state index is 13.2. The first kappa shape index (κ1) is 23.3. The summed E-state index contributed by atoms with van der Waals surface area (Å²) in [5.74, 6) is -0.383. The van der Waals surface area contributed by atoms with Crippen LogP contribution >= 0.6 is 0 Å². The van der Waals surface area contributed by atoms with Crippen molar-refractivity contribution >= 4 is 27.3 Å². The average Bonchev–Trinajstić information content (AvgIpc) is 2.79. The van der Waals surface area contributed by atoms with Gasteiger partial charge in [-0.25, -0.2) is 8.42 Å². The molecule has 0 aliphatic carbocycles. The highest BCUT2D eigenvalue weighted by molar-refractivity contribution is 7.92. The minimum atomic E-state index is -3.89. The highest BCUT2D eigenvalue weighted by Crippen LogP contribution is 2.28. The van der Waals surface area contributed by atoms with Crippen LogP contribution in [0.4, 0.5) is 11.4 Å². The minimum Gasteiger partial charge on any atom is -0.321 e. The van der Waals surface area contributed by atoms with Gasteiger partial charge in [0.2, 0.25) is 0 Å². The molecule has 0 unspecified atom stereocenters. The molecule has 0 spiro atoms. The molecule has 2 N–H and O–H groups in total. The molecule has 4 aromatic rings. The summed E-state index contributed by atoms with van der Waals surface area (Å²) < 4.78 is 29.0. The van der Waals surface area contributed by atoms with Gasteiger partial charge in [0.05, 0.1) is 4.90 Å². The summed E-state index contributed by atoms with van der Waals surface area (Å²) in [5.41, 5.74) is 5.73. The Kier molecular flexibility index (Phi) is 6.52. The summed E-state index contributed by atoms with van der Waals surface area (Å²) in [6.07, 6.45) is 0. The van der Waals surface area contributed by atoms with Gasteiger partial charge in [0, 0.05) is 22.5 Å². The SMILES string of the molecule is Cc1cc(C)cc(NS(=O)(=O)c2cc(C(=O)Nc3ccccc3-c3ccccc3)ccc2C)c1. The van der Waals surface area contributed by atoms with E-state index in [9.17, 15) is 13.2 Å². The summed E-state index contributed by atoms with van der Waals surface area (Å²) in [7, 11) is -3.89. The number of benzene rings is 4. The Bertz CT molecular complexity index is 1440. The molecule has 4 aromatic carbocycles. The number of para-hydroxylation sites is 1. The molecular formula is C28H26N2O3S. The Balaban J connectivity index is 1.63. The van der Waals surface area contributed by atoms with Crippen molar-refractivity contribution in [1.29, 1.82) is 0 Å². The van der Waals surface area contributed by atoms with Gasteiger partial charge in [0.25, 0.3) is 15.9 Å². The third-order valence-electron chi connectivity index (χ3n) is 5.47. The number of nitrogens with one attached hydrogen (secondary N) is 2. The molecule has 0 aliphatic heterocycles. The highest BCUT2D eigenvalue weighted by atomic mass is 32.2. The lowest BCUT2D eigenvalue weighted by molar-refractivity contribution is 0.102. The molecule has 0 fully saturated rings. The fraction of sp³-hybridized carbons (Fsp3) is 0.107. The highest BCUT2D eigenvalue weighted by Gasteiger charge is 2.20.